The third-order valence-corrected chi connectivity index (χ3v) is 11.9. The average molecular weight is 693 g/mol. The van der Waals surface area contributed by atoms with E-state index in [1.807, 2.05) is 11.3 Å². The summed E-state index contributed by atoms with van der Waals surface area (Å²) in [5.41, 5.74) is 9.51. The summed E-state index contributed by atoms with van der Waals surface area (Å²) in [4.78, 5) is 2.46. The van der Waals surface area contributed by atoms with Gasteiger partial charge < -0.3 is 9.47 Å². The molecule has 2 heterocycles. The molecular weight excluding hydrogens is 661 g/mol. The molecule has 9 aromatic carbocycles. The number of rotatable bonds is 5. The highest BCUT2D eigenvalue weighted by atomic mass is 32.1. The van der Waals surface area contributed by atoms with Gasteiger partial charge in [0, 0.05) is 53.1 Å². The molecule has 0 radical (unpaired) electrons. The van der Waals surface area contributed by atoms with Gasteiger partial charge in [-0.2, -0.15) is 0 Å². The number of fused-ring (bicyclic) bond motifs is 9. The van der Waals surface area contributed by atoms with Crippen molar-refractivity contribution in [1.82, 2.24) is 4.57 Å². The van der Waals surface area contributed by atoms with Crippen molar-refractivity contribution in [3.63, 3.8) is 0 Å². The summed E-state index contributed by atoms with van der Waals surface area (Å²) in [6, 6.07) is 70.9. The third-order valence-electron chi connectivity index (χ3n) is 10.7. The first-order valence-corrected chi connectivity index (χ1v) is 18.9. The molecule has 2 aromatic heterocycles. The molecule has 0 aliphatic heterocycles. The van der Waals surface area contributed by atoms with Crippen molar-refractivity contribution in [3.05, 3.63) is 194 Å². The highest BCUT2D eigenvalue weighted by Gasteiger charge is 2.22. The Morgan fingerprint density at radius 3 is 1.74 bits per heavy atom. The van der Waals surface area contributed by atoms with Gasteiger partial charge in [0.25, 0.3) is 0 Å². The van der Waals surface area contributed by atoms with E-state index >= 15 is 0 Å². The summed E-state index contributed by atoms with van der Waals surface area (Å²) in [5.74, 6) is 0. The lowest BCUT2D eigenvalue weighted by Gasteiger charge is -2.28. The van der Waals surface area contributed by atoms with Crippen molar-refractivity contribution in [2.45, 2.75) is 0 Å². The summed E-state index contributed by atoms with van der Waals surface area (Å²) < 4.78 is 5.08. The first kappa shape index (κ1) is 30.0. The number of nitrogens with zero attached hydrogens (tertiary/aromatic N) is 2. The van der Waals surface area contributed by atoms with Gasteiger partial charge in [-0.25, -0.2) is 0 Å². The SMILES string of the molecule is c1ccc(-c2ccc3sc4ccc5c6cc(N(c7cccc8ccccc78)c7cccc8ccccc78)ccc6n(-c6ccccc6)c5c4c3c2)cc1. The van der Waals surface area contributed by atoms with E-state index < -0.39 is 0 Å². The Hall–Kier alpha value is -6.68. The van der Waals surface area contributed by atoms with Gasteiger partial charge >= 0.3 is 0 Å². The fourth-order valence-electron chi connectivity index (χ4n) is 8.36. The first-order chi connectivity index (χ1) is 26.3. The smallest absolute Gasteiger partial charge is 0.0634 e. The van der Waals surface area contributed by atoms with Crippen LogP contribution in [0.2, 0.25) is 0 Å². The molecule has 0 unspecified atom stereocenters. The van der Waals surface area contributed by atoms with Crippen molar-refractivity contribution < 1.29 is 0 Å². The van der Waals surface area contributed by atoms with E-state index in [0.29, 0.717) is 0 Å². The van der Waals surface area contributed by atoms with Crippen LogP contribution < -0.4 is 4.90 Å². The minimum Gasteiger partial charge on any atom is -0.309 e. The molecule has 2 nitrogen and oxygen atoms in total. The molecule has 0 spiro atoms. The van der Waals surface area contributed by atoms with Crippen LogP contribution >= 0.6 is 11.3 Å². The maximum atomic E-state index is 2.48. The van der Waals surface area contributed by atoms with E-state index in [1.165, 1.54) is 74.6 Å². The van der Waals surface area contributed by atoms with E-state index in [0.717, 1.165) is 22.7 Å². The summed E-state index contributed by atoms with van der Waals surface area (Å²) in [6.07, 6.45) is 0. The number of para-hydroxylation sites is 1. The Labute approximate surface area is 311 Å². The Kier molecular flexibility index (Phi) is 6.76. The van der Waals surface area contributed by atoms with Crippen LogP contribution in [0.15, 0.2) is 194 Å². The highest BCUT2D eigenvalue weighted by Crippen LogP contribution is 2.47. The molecule has 0 aliphatic rings. The number of hydrogen-bond acceptors (Lipinski definition) is 2. The number of hydrogen-bond donors (Lipinski definition) is 0. The predicted octanol–water partition coefficient (Wildman–Crippen LogP) is 14.6. The number of thiophene rings is 1. The van der Waals surface area contributed by atoms with Crippen molar-refractivity contribution in [2.75, 3.05) is 4.90 Å². The van der Waals surface area contributed by atoms with Gasteiger partial charge in [-0.1, -0.05) is 133 Å². The van der Waals surface area contributed by atoms with Gasteiger partial charge in [-0.05, 0) is 82.6 Å². The Bertz CT molecular complexity index is 3080. The fraction of sp³-hybridized carbons (Fsp3) is 0. The minimum atomic E-state index is 1.12. The molecular formula is C50H32N2S. The predicted molar refractivity (Wildman–Crippen MR) is 229 cm³/mol. The lowest BCUT2D eigenvalue weighted by molar-refractivity contribution is 1.19. The largest absolute Gasteiger partial charge is 0.309 e. The molecule has 0 atom stereocenters. The van der Waals surface area contributed by atoms with Gasteiger partial charge in [-0.15, -0.1) is 11.3 Å². The Morgan fingerprint density at radius 1 is 0.396 bits per heavy atom. The van der Waals surface area contributed by atoms with Crippen molar-refractivity contribution >= 4 is 91.9 Å². The van der Waals surface area contributed by atoms with Gasteiger partial charge in [0.1, 0.15) is 0 Å². The van der Waals surface area contributed by atoms with E-state index in [-0.39, 0.29) is 0 Å². The maximum absolute atomic E-state index is 2.48. The monoisotopic (exact) mass is 692 g/mol. The lowest BCUT2D eigenvalue weighted by Crippen LogP contribution is -2.11. The summed E-state index contributed by atoms with van der Waals surface area (Å²) >= 11 is 1.88. The Balaban J connectivity index is 1.24. The number of benzene rings is 9. The van der Waals surface area contributed by atoms with E-state index in [2.05, 4.69) is 204 Å². The summed E-state index contributed by atoms with van der Waals surface area (Å²) in [7, 11) is 0. The highest BCUT2D eigenvalue weighted by molar-refractivity contribution is 7.26. The zero-order valence-electron chi connectivity index (χ0n) is 28.8. The number of aromatic nitrogens is 1. The first-order valence-electron chi connectivity index (χ1n) is 18.1. The van der Waals surface area contributed by atoms with Gasteiger partial charge in [-0.3, -0.25) is 0 Å². The van der Waals surface area contributed by atoms with E-state index in [9.17, 15) is 0 Å². The molecule has 248 valence electrons. The molecule has 11 aromatic rings. The second kappa shape index (κ2) is 11.9. The second-order valence-electron chi connectivity index (χ2n) is 13.7. The van der Waals surface area contributed by atoms with E-state index in [1.54, 1.807) is 0 Å². The zero-order valence-corrected chi connectivity index (χ0v) is 29.6. The summed E-state index contributed by atoms with van der Waals surface area (Å²) in [5, 5.41) is 9.96. The van der Waals surface area contributed by atoms with Crippen molar-refractivity contribution in [1.29, 1.82) is 0 Å². The van der Waals surface area contributed by atoms with Crippen LogP contribution in [0, 0.1) is 0 Å². The molecule has 0 saturated carbocycles. The zero-order chi connectivity index (χ0) is 34.9. The van der Waals surface area contributed by atoms with E-state index in [4.69, 9.17) is 0 Å². The van der Waals surface area contributed by atoms with Crippen LogP contribution in [-0.4, -0.2) is 4.57 Å². The molecule has 0 amide bonds. The Morgan fingerprint density at radius 2 is 1.02 bits per heavy atom. The van der Waals surface area contributed by atoms with Crippen LogP contribution in [0.4, 0.5) is 17.1 Å². The molecule has 0 N–H and O–H groups in total. The maximum Gasteiger partial charge on any atom is 0.0634 e. The normalized spacial score (nSPS) is 11.8. The van der Waals surface area contributed by atoms with Crippen LogP contribution in [0.5, 0.6) is 0 Å². The van der Waals surface area contributed by atoms with Gasteiger partial charge in [0.15, 0.2) is 0 Å². The van der Waals surface area contributed by atoms with Gasteiger partial charge in [0.2, 0.25) is 0 Å². The topological polar surface area (TPSA) is 8.17 Å². The van der Waals surface area contributed by atoms with Crippen LogP contribution in [-0.2, 0) is 0 Å². The van der Waals surface area contributed by atoms with Gasteiger partial charge in [0.05, 0.1) is 22.4 Å². The molecule has 3 heteroatoms. The molecule has 0 fully saturated rings. The third kappa shape index (κ3) is 4.71. The minimum absolute atomic E-state index is 1.12. The average Bonchev–Trinajstić information content (AvgIpc) is 3.77. The summed E-state index contributed by atoms with van der Waals surface area (Å²) in [6.45, 7) is 0. The number of anilines is 3. The lowest BCUT2D eigenvalue weighted by atomic mass is 10.0. The van der Waals surface area contributed by atoms with Crippen molar-refractivity contribution in [3.8, 4) is 16.8 Å². The molecule has 0 bridgehead atoms. The quantitative estimate of drug-likeness (QED) is 0.174. The van der Waals surface area contributed by atoms with Crippen LogP contribution in [0.3, 0.4) is 0 Å². The standard InChI is InChI=1S/C50H32N2S/c1-3-13-33(14-4-1)36-25-29-47-43(31-36)49-48(53-47)30-27-41-42-32-38(26-28-46(42)52(50(41)49)37-19-5-2-6-20-37)51(44-23-11-17-34-15-7-9-21-39(34)44)45-24-12-18-35-16-8-10-22-40(35)45/h1-32H. The fourth-order valence-corrected chi connectivity index (χ4v) is 9.45. The molecule has 11 rings (SSSR count). The van der Waals surface area contributed by atoms with Crippen LogP contribution in [0.1, 0.15) is 0 Å². The molecule has 0 saturated heterocycles. The van der Waals surface area contributed by atoms with Crippen molar-refractivity contribution in [2.24, 2.45) is 0 Å². The molecule has 53 heavy (non-hydrogen) atoms. The van der Waals surface area contributed by atoms with Crippen LogP contribution in [0.25, 0.3) is 80.3 Å². The molecule has 0 aliphatic carbocycles. The second-order valence-corrected chi connectivity index (χ2v) is 14.8.